The van der Waals surface area contributed by atoms with Crippen molar-refractivity contribution in [2.45, 2.75) is 38.3 Å². The Labute approximate surface area is 118 Å². The van der Waals surface area contributed by atoms with Gasteiger partial charge in [-0.2, -0.15) is 0 Å². The van der Waals surface area contributed by atoms with E-state index in [0.29, 0.717) is 18.7 Å². The highest BCUT2D eigenvalue weighted by Gasteiger charge is 2.36. The minimum absolute atomic E-state index is 0.191. The van der Waals surface area contributed by atoms with Crippen LogP contribution in [0.3, 0.4) is 0 Å². The summed E-state index contributed by atoms with van der Waals surface area (Å²) in [5, 5.41) is 0. The molecule has 0 spiro atoms. The lowest BCUT2D eigenvalue weighted by Crippen LogP contribution is -2.36. The molecule has 1 saturated heterocycles. The number of carbonyl (C=O) groups is 1. The minimum Gasteiger partial charge on any atom is -0.444 e. The first kappa shape index (κ1) is 14.8. The Bertz CT molecular complexity index is 499. The Hall–Kier alpha value is -1.62. The molecule has 0 aliphatic carbocycles. The lowest BCUT2D eigenvalue weighted by atomic mass is 9.94. The summed E-state index contributed by atoms with van der Waals surface area (Å²) in [5.41, 5.74) is 6.07. The summed E-state index contributed by atoms with van der Waals surface area (Å²) < 4.78 is 19.1. The van der Waals surface area contributed by atoms with Gasteiger partial charge < -0.3 is 15.4 Å². The first-order valence-electron chi connectivity index (χ1n) is 6.76. The van der Waals surface area contributed by atoms with Crippen molar-refractivity contribution in [3.8, 4) is 0 Å². The fraction of sp³-hybridized carbons (Fsp3) is 0.533. The number of nitrogens with two attached hydrogens (primary N) is 1. The quantitative estimate of drug-likeness (QED) is 0.860. The van der Waals surface area contributed by atoms with E-state index in [9.17, 15) is 9.18 Å². The summed E-state index contributed by atoms with van der Waals surface area (Å²) in [6.45, 7) is 6.21. The predicted octanol–water partition coefficient (Wildman–Crippen LogP) is 2.49. The summed E-state index contributed by atoms with van der Waals surface area (Å²) in [6, 6.07) is 6.28. The summed E-state index contributed by atoms with van der Waals surface area (Å²) >= 11 is 0. The lowest BCUT2D eigenvalue weighted by molar-refractivity contribution is 0.0290. The number of carbonyl (C=O) groups excluding carboxylic acids is 1. The molecule has 1 aromatic rings. The SMILES string of the molecule is CC(C)(C)OC(=O)N1C[C@H](c2ccccc2F)[C@@H](N)C1. The van der Waals surface area contributed by atoms with Crippen molar-refractivity contribution in [1.82, 2.24) is 4.90 Å². The van der Waals surface area contributed by atoms with Crippen LogP contribution < -0.4 is 5.73 Å². The van der Waals surface area contributed by atoms with Crippen LogP contribution in [0.4, 0.5) is 9.18 Å². The van der Waals surface area contributed by atoms with E-state index >= 15 is 0 Å². The van der Waals surface area contributed by atoms with Crippen LogP contribution >= 0.6 is 0 Å². The second kappa shape index (κ2) is 5.40. The molecule has 1 fully saturated rings. The fourth-order valence-electron chi connectivity index (χ4n) is 2.41. The molecule has 2 rings (SSSR count). The van der Waals surface area contributed by atoms with E-state index in [1.54, 1.807) is 23.1 Å². The third-order valence-electron chi connectivity index (χ3n) is 3.32. The molecule has 0 aromatic heterocycles. The Morgan fingerprint density at radius 3 is 2.60 bits per heavy atom. The van der Waals surface area contributed by atoms with E-state index in [0.717, 1.165) is 0 Å². The maximum Gasteiger partial charge on any atom is 0.410 e. The Morgan fingerprint density at radius 2 is 2.00 bits per heavy atom. The molecule has 0 radical (unpaired) electrons. The Kier molecular flexibility index (Phi) is 3.99. The number of amides is 1. The van der Waals surface area contributed by atoms with Gasteiger partial charge in [-0.1, -0.05) is 18.2 Å². The van der Waals surface area contributed by atoms with Crippen LogP contribution in [0, 0.1) is 5.82 Å². The molecule has 0 saturated carbocycles. The summed E-state index contributed by atoms with van der Waals surface area (Å²) in [6.07, 6.45) is -0.396. The second-order valence-corrected chi connectivity index (χ2v) is 6.18. The van der Waals surface area contributed by atoms with Gasteiger partial charge in [-0.15, -0.1) is 0 Å². The maximum absolute atomic E-state index is 13.8. The van der Waals surface area contributed by atoms with Crippen molar-refractivity contribution >= 4 is 6.09 Å². The number of likely N-dealkylation sites (tertiary alicyclic amines) is 1. The van der Waals surface area contributed by atoms with Crippen LogP contribution in [0.15, 0.2) is 24.3 Å². The third-order valence-corrected chi connectivity index (χ3v) is 3.32. The van der Waals surface area contributed by atoms with E-state index in [4.69, 9.17) is 10.5 Å². The number of hydrogen-bond donors (Lipinski definition) is 1. The van der Waals surface area contributed by atoms with Gasteiger partial charge in [0, 0.05) is 25.0 Å². The summed E-state index contributed by atoms with van der Waals surface area (Å²) in [7, 11) is 0. The van der Waals surface area contributed by atoms with Crippen LogP contribution in [0.5, 0.6) is 0 Å². The molecule has 110 valence electrons. The van der Waals surface area contributed by atoms with Gasteiger partial charge in [0.25, 0.3) is 0 Å². The third kappa shape index (κ3) is 3.28. The largest absolute Gasteiger partial charge is 0.444 e. The predicted molar refractivity (Wildman–Crippen MR) is 74.9 cm³/mol. The molecule has 20 heavy (non-hydrogen) atoms. The first-order valence-corrected chi connectivity index (χ1v) is 6.76. The molecule has 4 nitrogen and oxygen atoms in total. The first-order chi connectivity index (χ1) is 9.28. The number of ether oxygens (including phenoxy) is 1. The van der Waals surface area contributed by atoms with E-state index in [1.807, 2.05) is 20.8 Å². The molecular formula is C15H21FN2O2. The van der Waals surface area contributed by atoms with E-state index in [2.05, 4.69) is 0 Å². The number of rotatable bonds is 1. The van der Waals surface area contributed by atoms with Crippen molar-refractivity contribution in [3.63, 3.8) is 0 Å². The van der Waals surface area contributed by atoms with Gasteiger partial charge in [0.2, 0.25) is 0 Å². The minimum atomic E-state index is -0.544. The smallest absolute Gasteiger partial charge is 0.410 e. The van der Waals surface area contributed by atoms with Crippen molar-refractivity contribution in [2.75, 3.05) is 13.1 Å². The normalized spacial score (nSPS) is 22.9. The van der Waals surface area contributed by atoms with E-state index in [-0.39, 0.29) is 17.8 Å². The van der Waals surface area contributed by atoms with Gasteiger partial charge in [0.05, 0.1) is 0 Å². The monoisotopic (exact) mass is 280 g/mol. The number of benzene rings is 1. The zero-order valence-electron chi connectivity index (χ0n) is 12.1. The van der Waals surface area contributed by atoms with Gasteiger partial charge in [-0.25, -0.2) is 9.18 Å². The van der Waals surface area contributed by atoms with Crippen molar-refractivity contribution in [2.24, 2.45) is 5.73 Å². The van der Waals surface area contributed by atoms with Crippen LogP contribution in [0.25, 0.3) is 0 Å². The average Bonchev–Trinajstić information content (AvgIpc) is 2.70. The van der Waals surface area contributed by atoms with Crippen LogP contribution in [-0.2, 0) is 4.74 Å². The zero-order chi connectivity index (χ0) is 14.9. The maximum atomic E-state index is 13.8. The molecule has 1 heterocycles. The standard InChI is InChI=1S/C15H21FN2O2/c1-15(2,3)20-14(19)18-8-11(13(17)9-18)10-6-4-5-7-12(10)16/h4-7,11,13H,8-9,17H2,1-3H3/t11-,13+/m1/s1. The topological polar surface area (TPSA) is 55.6 Å². The molecule has 1 amide bonds. The van der Waals surface area contributed by atoms with Gasteiger partial charge >= 0.3 is 6.09 Å². The highest BCUT2D eigenvalue weighted by molar-refractivity contribution is 5.69. The highest BCUT2D eigenvalue weighted by Crippen LogP contribution is 2.29. The molecule has 1 aliphatic rings. The zero-order valence-corrected chi connectivity index (χ0v) is 12.1. The summed E-state index contributed by atoms with van der Waals surface area (Å²) in [4.78, 5) is 13.6. The van der Waals surface area contributed by atoms with Gasteiger partial charge in [-0.05, 0) is 32.4 Å². The Balaban J connectivity index is 2.10. The molecule has 1 aromatic carbocycles. The molecule has 0 bridgehead atoms. The van der Waals surface area contributed by atoms with Gasteiger partial charge in [0.1, 0.15) is 11.4 Å². The van der Waals surface area contributed by atoms with Crippen molar-refractivity contribution in [3.05, 3.63) is 35.6 Å². The van der Waals surface area contributed by atoms with Gasteiger partial charge in [0.15, 0.2) is 0 Å². The van der Waals surface area contributed by atoms with Gasteiger partial charge in [-0.3, -0.25) is 0 Å². The van der Waals surface area contributed by atoms with E-state index < -0.39 is 11.7 Å². The van der Waals surface area contributed by atoms with Crippen molar-refractivity contribution in [1.29, 1.82) is 0 Å². The second-order valence-electron chi connectivity index (χ2n) is 6.18. The number of hydrogen-bond acceptors (Lipinski definition) is 3. The molecule has 5 heteroatoms. The Morgan fingerprint density at radius 1 is 1.35 bits per heavy atom. The summed E-state index contributed by atoms with van der Waals surface area (Å²) in [5.74, 6) is -0.470. The van der Waals surface area contributed by atoms with Crippen molar-refractivity contribution < 1.29 is 13.9 Å². The van der Waals surface area contributed by atoms with E-state index in [1.165, 1.54) is 6.07 Å². The average molecular weight is 280 g/mol. The fourth-order valence-corrected chi connectivity index (χ4v) is 2.41. The van der Waals surface area contributed by atoms with Crippen LogP contribution in [0.2, 0.25) is 0 Å². The highest BCUT2D eigenvalue weighted by atomic mass is 19.1. The van der Waals surface area contributed by atoms with Crippen LogP contribution in [0.1, 0.15) is 32.3 Å². The van der Waals surface area contributed by atoms with Crippen LogP contribution in [-0.4, -0.2) is 35.7 Å². The number of nitrogens with zero attached hydrogens (tertiary/aromatic N) is 1. The molecule has 2 atom stereocenters. The lowest BCUT2D eigenvalue weighted by Gasteiger charge is -2.24. The molecule has 0 unspecified atom stereocenters. The molecule has 2 N–H and O–H groups in total. The number of halogens is 1. The molecular weight excluding hydrogens is 259 g/mol. The molecule has 1 aliphatic heterocycles.